The molecule has 0 aliphatic carbocycles. The Hall–Kier alpha value is -3.06. The van der Waals surface area contributed by atoms with Crippen LogP contribution in [0, 0.1) is 0 Å². The molecular weight excluding hydrogens is 853 g/mol. The predicted molar refractivity (Wildman–Crippen MR) is 266 cm³/mol. The van der Waals surface area contributed by atoms with E-state index in [1.165, 1.54) is 96.3 Å². The van der Waals surface area contributed by atoms with Crippen LogP contribution in [-0.2, 0) is 42.9 Å². The number of carbonyl (C=O) groups excluding carboxylic acids is 3. The normalized spacial score (nSPS) is 19.1. The summed E-state index contributed by atoms with van der Waals surface area (Å²) in [6.07, 6.45) is 37.1. The third kappa shape index (κ3) is 34.8. The summed E-state index contributed by atoms with van der Waals surface area (Å²) >= 11 is 0. The summed E-state index contributed by atoms with van der Waals surface area (Å²) < 4.78 is 28.3. The molecule has 67 heavy (non-hydrogen) atoms. The van der Waals surface area contributed by atoms with Crippen LogP contribution in [0.25, 0.3) is 0 Å². The van der Waals surface area contributed by atoms with Crippen molar-refractivity contribution in [1.29, 1.82) is 0 Å². The molecule has 0 aromatic rings. The second-order valence-corrected chi connectivity index (χ2v) is 18.5. The van der Waals surface area contributed by atoms with Crippen LogP contribution in [0.15, 0.2) is 36.5 Å². The highest BCUT2D eigenvalue weighted by Crippen LogP contribution is 2.26. The van der Waals surface area contributed by atoms with Crippen LogP contribution in [0.1, 0.15) is 239 Å². The minimum absolute atomic E-state index is 0.0620. The van der Waals surface area contributed by atoms with Crippen molar-refractivity contribution in [3.8, 4) is 0 Å². The molecule has 6 atom stereocenters. The number of aliphatic carboxylic acids is 1. The lowest BCUT2D eigenvalue weighted by Crippen LogP contribution is -2.61. The van der Waals surface area contributed by atoms with Gasteiger partial charge in [-0.15, -0.1) is 0 Å². The summed E-state index contributed by atoms with van der Waals surface area (Å²) in [6.45, 7) is 5.83. The van der Waals surface area contributed by atoms with Crippen LogP contribution in [0.3, 0.4) is 0 Å². The SMILES string of the molecule is CC/C=C\C/C=C\C/C=C\CCCCCC(=O)OCC(COC1OC(C(=O)O)C(O)C(O)C1OC(=O)CCCCCCCCCCCCC)OC(=O)CCCCCCCCCCCCCCC. The number of unbranched alkanes of at least 4 members (excludes halogenated alkanes) is 25. The summed E-state index contributed by atoms with van der Waals surface area (Å²) in [5.74, 6) is -3.14. The third-order valence-corrected chi connectivity index (χ3v) is 12.2. The van der Waals surface area contributed by atoms with E-state index in [2.05, 4.69) is 57.2 Å². The van der Waals surface area contributed by atoms with Crippen molar-refractivity contribution in [2.75, 3.05) is 13.2 Å². The Morgan fingerprint density at radius 3 is 1.43 bits per heavy atom. The molecule has 12 heteroatoms. The van der Waals surface area contributed by atoms with Gasteiger partial charge in [-0.1, -0.05) is 205 Å². The zero-order valence-electron chi connectivity index (χ0n) is 42.4. The van der Waals surface area contributed by atoms with Crippen LogP contribution in [0.4, 0.5) is 0 Å². The largest absolute Gasteiger partial charge is 0.479 e. The van der Waals surface area contributed by atoms with Gasteiger partial charge >= 0.3 is 23.9 Å². The van der Waals surface area contributed by atoms with Crippen molar-refractivity contribution in [3.05, 3.63) is 36.5 Å². The highest BCUT2D eigenvalue weighted by Gasteiger charge is 2.50. The lowest BCUT2D eigenvalue weighted by molar-refractivity contribution is -0.301. The van der Waals surface area contributed by atoms with E-state index in [0.717, 1.165) is 83.5 Å². The Balaban J connectivity index is 2.74. The summed E-state index contributed by atoms with van der Waals surface area (Å²) in [4.78, 5) is 50.8. The average molecular weight is 949 g/mol. The molecular formula is C55H96O12. The molecule has 1 aliphatic rings. The fourth-order valence-corrected chi connectivity index (χ4v) is 8.09. The second-order valence-electron chi connectivity index (χ2n) is 18.5. The van der Waals surface area contributed by atoms with Crippen molar-refractivity contribution < 1.29 is 58.2 Å². The van der Waals surface area contributed by atoms with Gasteiger partial charge in [-0.2, -0.15) is 0 Å². The van der Waals surface area contributed by atoms with Gasteiger partial charge in [0, 0.05) is 19.3 Å². The van der Waals surface area contributed by atoms with Crippen LogP contribution in [0.2, 0.25) is 0 Å². The lowest BCUT2D eigenvalue weighted by atomic mass is 9.98. The van der Waals surface area contributed by atoms with E-state index in [9.17, 15) is 34.5 Å². The van der Waals surface area contributed by atoms with Gasteiger partial charge in [0.25, 0.3) is 0 Å². The molecule has 1 rings (SSSR count). The zero-order chi connectivity index (χ0) is 49.0. The number of esters is 3. The number of carboxylic acid groups (broad SMARTS) is 1. The van der Waals surface area contributed by atoms with Gasteiger partial charge in [0.2, 0.25) is 0 Å². The molecule has 1 heterocycles. The lowest BCUT2D eigenvalue weighted by Gasteiger charge is -2.40. The van der Waals surface area contributed by atoms with Crippen molar-refractivity contribution in [1.82, 2.24) is 0 Å². The number of aliphatic hydroxyl groups is 2. The molecule has 0 aromatic heterocycles. The quantitative estimate of drug-likeness (QED) is 0.0228. The monoisotopic (exact) mass is 949 g/mol. The molecule has 1 aliphatic heterocycles. The second kappa shape index (κ2) is 44.2. The molecule has 12 nitrogen and oxygen atoms in total. The minimum Gasteiger partial charge on any atom is -0.479 e. The van der Waals surface area contributed by atoms with E-state index in [4.69, 9.17) is 23.7 Å². The van der Waals surface area contributed by atoms with E-state index in [1.807, 2.05) is 0 Å². The average Bonchev–Trinajstić information content (AvgIpc) is 3.31. The molecule has 0 radical (unpaired) electrons. The molecule has 6 unspecified atom stereocenters. The van der Waals surface area contributed by atoms with E-state index >= 15 is 0 Å². The number of carbonyl (C=O) groups is 4. The number of carboxylic acids is 1. The Kier molecular flexibility index (Phi) is 40.8. The van der Waals surface area contributed by atoms with Gasteiger partial charge < -0.3 is 39.0 Å². The summed E-state index contributed by atoms with van der Waals surface area (Å²) in [6, 6.07) is 0. The van der Waals surface area contributed by atoms with Crippen molar-refractivity contribution in [2.24, 2.45) is 0 Å². The summed E-state index contributed by atoms with van der Waals surface area (Å²) in [5, 5.41) is 31.3. The standard InChI is InChI=1S/C55H96O12/c1-4-7-10-13-16-19-22-24-27-29-32-35-38-41-47(56)63-44-46(65-48(57)42-39-36-33-31-28-25-23-20-17-14-11-8-5-2)45-64-55-53(51(60)50(59)52(67-55)54(61)62)66-49(58)43-40-37-34-30-26-21-18-15-12-9-6-3/h7,10,16,19,24,27,46,50-53,55,59-60H,4-6,8-9,11-15,17-18,20-23,25-26,28-45H2,1-3H3,(H,61,62)/b10-7-,19-16-,27-24-. The smallest absolute Gasteiger partial charge is 0.335 e. The summed E-state index contributed by atoms with van der Waals surface area (Å²) in [7, 11) is 0. The maximum Gasteiger partial charge on any atom is 0.335 e. The molecule has 0 aromatic carbocycles. The Bertz CT molecular complexity index is 1310. The number of rotatable bonds is 45. The van der Waals surface area contributed by atoms with Gasteiger partial charge in [-0.25, -0.2) is 4.79 Å². The van der Waals surface area contributed by atoms with Gasteiger partial charge in [0.15, 0.2) is 24.6 Å². The van der Waals surface area contributed by atoms with Crippen LogP contribution in [0.5, 0.6) is 0 Å². The van der Waals surface area contributed by atoms with Gasteiger partial charge in [0.05, 0.1) is 6.61 Å². The number of allylic oxidation sites excluding steroid dienone is 6. The van der Waals surface area contributed by atoms with Gasteiger partial charge in [0.1, 0.15) is 18.8 Å². The van der Waals surface area contributed by atoms with E-state index < -0.39 is 67.3 Å². The number of ether oxygens (including phenoxy) is 5. The third-order valence-electron chi connectivity index (χ3n) is 12.2. The van der Waals surface area contributed by atoms with E-state index in [-0.39, 0.29) is 25.9 Å². The first kappa shape index (κ1) is 62.0. The maximum atomic E-state index is 13.1. The first-order chi connectivity index (χ1) is 32.6. The molecule has 3 N–H and O–H groups in total. The van der Waals surface area contributed by atoms with Gasteiger partial charge in [-0.3, -0.25) is 14.4 Å². The fraction of sp³-hybridized carbons (Fsp3) is 0.818. The molecule has 0 saturated carbocycles. The van der Waals surface area contributed by atoms with Crippen molar-refractivity contribution in [3.63, 3.8) is 0 Å². The molecule has 1 fully saturated rings. The number of aliphatic hydroxyl groups excluding tert-OH is 2. The molecule has 0 amide bonds. The Morgan fingerprint density at radius 1 is 0.507 bits per heavy atom. The predicted octanol–water partition coefficient (Wildman–Crippen LogP) is 12.9. The van der Waals surface area contributed by atoms with Crippen LogP contribution >= 0.6 is 0 Å². The summed E-state index contributed by atoms with van der Waals surface area (Å²) in [5.41, 5.74) is 0. The van der Waals surface area contributed by atoms with Crippen LogP contribution < -0.4 is 0 Å². The highest BCUT2D eigenvalue weighted by atomic mass is 16.7. The van der Waals surface area contributed by atoms with E-state index in [1.54, 1.807) is 0 Å². The highest BCUT2D eigenvalue weighted by molar-refractivity contribution is 5.74. The first-order valence-corrected chi connectivity index (χ1v) is 27.0. The van der Waals surface area contributed by atoms with Crippen molar-refractivity contribution >= 4 is 23.9 Å². The van der Waals surface area contributed by atoms with Crippen LogP contribution in [-0.4, -0.2) is 89.2 Å². The Labute approximate surface area is 406 Å². The molecule has 0 bridgehead atoms. The Morgan fingerprint density at radius 2 is 0.940 bits per heavy atom. The molecule has 388 valence electrons. The maximum absolute atomic E-state index is 13.1. The molecule has 1 saturated heterocycles. The first-order valence-electron chi connectivity index (χ1n) is 27.0. The van der Waals surface area contributed by atoms with E-state index in [0.29, 0.717) is 19.3 Å². The topological polar surface area (TPSA) is 175 Å². The number of hydrogen-bond donors (Lipinski definition) is 3. The molecule has 0 spiro atoms. The van der Waals surface area contributed by atoms with Crippen molar-refractivity contribution in [2.45, 2.75) is 276 Å². The zero-order valence-corrected chi connectivity index (χ0v) is 42.4. The number of hydrogen-bond acceptors (Lipinski definition) is 11. The van der Waals surface area contributed by atoms with Gasteiger partial charge in [-0.05, 0) is 51.4 Å². The fourth-order valence-electron chi connectivity index (χ4n) is 8.09. The minimum atomic E-state index is -1.90.